The van der Waals surface area contributed by atoms with E-state index in [1.807, 2.05) is 6.92 Å². The van der Waals surface area contributed by atoms with Crippen molar-refractivity contribution in [2.75, 3.05) is 0 Å². The lowest BCUT2D eigenvalue weighted by molar-refractivity contribution is 0.314. The molecule has 1 N–H and O–H groups in total. The molecular formula is C5H9N5O. The van der Waals surface area contributed by atoms with E-state index in [2.05, 4.69) is 20.7 Å². The molecule has 0 aliphatic rings. The molecular weight excluding hydrogens is 146 g/mol. The Labute approximate surface area is 63.5 Å². The van der Waals surface area contributed by atoms with Gasteiger partial charge in [-0.3, -0.25) is 0 Å². The zero-order chi connectivity index (χ0) is 8.27. The molecule has 6 heteroatoms. The number of rotatable bonds is 1. The van der Waals surface area contributed by atoms with Crippen LogP contribution in [0.1, 0.15) is 19.2 Å². The van der Waals surface area contributed by atoms with Crippen molar-refractivity contribution in [3.05, 3.63) is 5.82 Å². The molecule has 0 fully saturated rings. The minimum absolute atomic E-state index is 0.438. The summed E-state index contributed by atoms with van der Waals surface area (Å²) in [7, 11) is 0. The largest absolute Gasteiger partial charge is 0.409 e. The smallest absolute Gasteiger partial charge is 0.172 e. The van der Waals surface area contributed by atoms with Gasteiger partial charge in [-0.25, -0.2) is 0 Å². The molecule has 0 atom stereocenters. The quantitative estimate of drug-likeness (QED) is 0.268. The van der Waals surface area contributed by atoms with Gasteiger partial charge >= 0.3 is 0 Å². The van der Waals surface area contributed by atoms with E-state index >= 15 is 0 Å². The second-order valence-electron chi connectivity index (χ2n) is 2.01. The summed E-state index contributed by atoms with van der Waals surface area (Å²) < 4.78 is 1.39. The number of aromatic nitrogens is 4. The Bertz CT molecular complexity index is 266. The third kappa shape index (κ3) is 1.34. The Kier molecular flexibility index (Phi) is 2.15. The fraction of sp³-hybridized carbons (Fsp3) is 0.600. The molecule has 0 aliphatic carbocycles. The minimum atomic E-state index is 0.438. The minimum Gasteiger partial charge on any atom is -0.409 e. The summed E-state index contributed by atoms with van der Waals surface area (Å²) in [5, 5.41) is 22.2. The molecule has 1 aromatic rings. The van der Waals surface area contributed by atoms with Crippen molar-refractivity contribution in [3.8, 4) is 0 Å². The van der Waals surface area contributed by atoms with E-state index in [4.69, 9.17) is 5.21 Å². The molecule has 0 saturated carbocycles. The maximum atomic E-state index is 8.49. The second kappa shape index (κ2) is 3.09. The van der Waals surface area contributed by atoms with E-state index in [9.17, 15) is 0 Å². The zero-order valence-corrected chi connectivity index (χ0v) is 6.39. The molecule has 0 aromatic carbocycles. The van der Waals surface area contributed by atoms with Gasteiger partial charge in [-0.2, -0.15) is 4.68 Å². The Hall–Kier alpha value is -1.46. The Morgan fingerprint density at radius 3 is 2.82 bits per heavy atom. The lowest BCUT2D eigenvalue weighted by atomic mass is 10.4. The highest BCUT2D eigenvalue weighted by Gasteiger charge is 2.05. The maximum Gasteiger partial charge on any atom is 0.172 e. The molecule has 1 heterocycles. The normalized spacial score (nSPS) is 12.0. The topological polar surface area (TPSA) is 76.2 Å². The van der Waals surface area contributed by atoms with Gasteiger partial charge in [0, 0.05) is 6.42 Å². The first-order chi connectivity index (χ1) is 5.29. The van der Waals surface area contributed by atoms with Gasteiger partial charge in [-0.1, -0.05) is 12.1 Å². The maximum absolute atomic E-state index is 8.49. The predicted molar refractivity (Wildman–Crippen MR) is 37.5 cm³/mol. The van der Waals surface area contributed by atoms with E-state index in [1.54, 1.807) is 6.92 Å². The van der Waals surface area contributed by atoms with Gasteiger partial charge in [0.1, 0.15) is 0 Å². The van der Waals surface area contributed by atoms with E-state index in [1.165, 1.54) is 4.68 Å². The Morgan fingerprint density at radius 2 is 2.45 bits per heavy atom. The third-order valence-corrected chi connectivity index (χ3v) is 1.30. The molecule has 0 amide bonds. The van der Waals surface area contributed by atoms with Crippen LogP contribution in [0, 0.1) is 6.92 Å². The Balaban J connectivity index is 3.00. The molecule has 11 heavy (non-hydrogen) atoms. The van der Waals surface area contributed by atoms with Crippen molar-refractivity contribution in [2.45, 2.75) is 20.3 Å². The van der Waals surface area contributed by atoms with Gasteiger partial charge in [-0.15, -0.1) is 5.10 Å². The highest BCUT2D eigenvalue weighted by atomic mass is 16.4. The molecule has 6 nitrogen and oxygen atoms in total. The standard InChI is InChI=1S/C5H9N5O/c1-3-5(7-11)10-4(2)6-8-9-10/h11H,3H2,1-2H3/b7-5-. The predicted octanol–water partition coefficient (Wildman–Crippen LogP) is 0.0273. The summed E-state index contributed by atoms with van der Waals surface area (Å²) >= 11 is 0. The highest BCUT2D eigenvalue weighted by molar-refractivity contribution is 5.82. The molecule has 0 bridgehead atoms. The van der Waals surface area contributed by atoms with Crippen LogP contribution in [-0.4, -0.2) is 31.3 Å². The van der Waals surface area contributed by atoms with Crippen LogP contribution in [0.25, 0.3) is 0 Å². The van der Waals surface area contributed by atoms with Crippen molar-refractivity contribution in [1.29, 1.82) is 0 Å². The van der Waals surface area contributed by atoms with Crippen molar-refractivity contribution >= 4 is 5.84 Å². The fourth-order valence-corrected chi connectivity index (χ4v) is 0.733. The first-order valence-electron chi connectivity index (χ1n) is 3.26. The van der Waals surface area contributed by atoms with Gasteiger partial charge in [0.05, 0.1) is 0 Å². The van der Waals surface area contributed by atoms with Crippen LogP contribution >= 0.6 is 0 Å². The van der Waals surface area contributed by atoms with Crippen LogP contribution in [-0.2, 0) is 0 Å². The van der Waals surface area contributed by atoms with Crippen molar-refractivity contribution < 1.29 is 5.21 Å². The van der Waals surface area contributed by atoms with Crippen LogP contribution < -0.4 is 0 Å². The molecule has 0 aliphatic heterocycles. The molecule has 0 spiro atoms. The van der Waals surface area contributed by atoms with E-state index in [-0.39, 0.29) is 0 Å². The summed E-state index contributed by atoms with van der Waals surface area (Å²) in [5.74, 6) is 1.05. The van der Waals surface area contributed by atoms with Gasteiger partial charge in [0.15, 0.2) is 11.7 Å². The highest BCUT2D eigenvalue weighted by Crippen LogP contribution is 1.92. The van der Waals surface area contributed by atoms with E-state index in [0.29, 0.717) is 18.1 Å². The summed E-state index contributed by atoms with van der Waals surface area (Å²) in [6.07, 6.45) is 0.586. The average molecular weight is 155 g/mol. The SMILES string of the molecule is CC/C(=N/O)n1nnnc1C. The molecule has 1 rings (SSSR count). The van der Waals surface area contributed by atoms with Crippen molar-refractivity contribution in [3.63, 3.8) is 0 Å². The van der Waals surface area contributed by atoms with Gasteiger partial charge < -0.3 is 5.21 Å². The zero-order valence-electron chi connectivity index (χ0n) is 6.39. The van der Waals surface area contributed by atoms with Crippen molar-refractivity contribution in [2.24, 2.45) is 5.16 Å². The van der Waals surface area contributed by atoms with Crippen LogP contribution in [0.4, 0.5) is 0 Å². The lowest BCUT2D eigenvalue weighted by Crippen LogP contribution is -2.14. The van der Waals surface area contributed by atoms with Gasteiger partial charge in [-0.05, 0) is 17.4 Å². The number of nitrogens with zero attached hydrogens (tertiary/aromatic N) is 5. The summed E-state index contributed by atoms with van der Waals surface area (Å²) in [5.41, 5.74) is 0. The first-order valence-corrected chi connectivity index (χ1v) is 3.26. The van der Waals surface area contributed by atoms with Crippen LogP contribution in [0.15, 0.2) is 5.16 Å². The number of hydrogen-bond donors (Lipinski definition) is 1. The molecule has 0 saturated heterocycles. The molecule has 0 radical (unpaired) electrons. The fourth-order valence-electron chi connectivity index (χ4n) is 0.733. The number of hydrogen-bond acceptors (Lipinski definition) is 5. The molecule has 0 unspecified atom stereocenters. The van der Waals surface area contributed by atoms with Gasteiger partial charge in [0.25, 0.3) is 0 Å². The Morgan fingerprint density at radius 1 is 1.73 bits per heavy atom. The van der Waals surface area contributed by atoms with Crippen LogP contribution in [0.3, 0.4) is 0 Å². The van der Waals surface area contributed by atoms with Crippen LogP contribution in [0.2, 0.25) is 0 Å². The van der Waals surface area contributed by atoms with E-state index < -0.39 is 0 Å². The number of aryl methyl sites for hydroxylation is 1. The summed E-state index contributed by atoms with van der Waals surface area (Å²) in [6, 6.07) is 0. The summed E-state index contributed by atoms with van der Waals surface area (Å²) in [4.78, 5) is 0. The molecule has 60 valence electrons. The summed E-state index contributed by atoms with van der Waals surface area (Å²) in [6.45, 7) is 3.59. The number of tetrazole rings is 1. The first kappa shape index (κ1) is 7.64. The van der Waals surface area contributed by atoms with E-state index in [0.717, 1.165) is 0 Å². The van der Waals surface area contributed by atoms with Crippen molar-refractivity contribution in [1.82, 2.24) is 20.2 Å². The lowest BCUT2D eigenvalue weighted by Gasteiger charge is -1.98. The second-order valence-corrected chi connectivity index (χ2v) is 2.01. The van der Waals surface area contributed by atoms with Gasteiger partial charge in [0.2, 0.25) is 0 Å². The van der Waals surface area contributed by atoms with Crippen LogP contribution in [0.5, 0.6) is 0 Å². The number of oxime groups is 1. The monoisotopic (exact) mass is 155 g/mol. The average Bonchev–Trinajstić information content (AvgIpc) is 2.40. The molecule has 1 aromatic heterocycles. The third-order valence-electron chi connectivity index (χ3n) is 1.30.